The molecule has 1 saturated heterocycles. The Kier molecular flexibility index (Phi) is 5.77. The Morgan fingerprint density at radius 2 is 1.72 bits per heavy atom. The van der Waals surface area contributed by atoms with Gasteiger partial charge in [-0.3, -0.25) is 19.3 Å². The number of ketones is 1. The minimum absolute atomic E-state index is 0.0763. The fraction of sp³-hybridized carbons (Fsp3) is 0.107. The van der Waals surface area contributed by atoms with Gasteiger partial charge in [0.15, 0.2) is 0 Å². The van der Waals surface area contributed by atoms with Gasteiger partial charge in [0.2, 0.25) is 0 Å². The molecular formula is C28H22N2O6. The second kappa shape index (κ2) is 9.07. The molecule has 8 nitrogen and oxygen atoms in total. The number of Topliss-reactive ketones (excluding diaryl/α,β-unsaturated/α-hetero) is 1. The van der Waals surface area contributed by atoms with Crippen LogP contribution in [0.15, 0.2) is 84.6 Å². The number of carbonyl (C=O) groups excluding carboxylic acids is 3. The van der Waals surface area contributed by atoms with Crippen LogP contribution in [0.25, 0.3) is 16.7 Å². The van der Waals surface area contributed by atoms with Crippen LogP contribution in [-0.2, 0) is 14.4 Å². The molecule has 1 amide bonds. The first-order chi connectivity index (χ1) is 17.4. The summed E-state index contributed by atoms with van der Waals surface area (Å²) in [6, 6.07) is 19.6. The van der Waals surface area contributed by atoms with E-state index in [0.29, 0.717) is 28.0 Å². The summed E-state index contributed by atoms with van der Waals surface area (Å²) in [6.45, 7) is 1.28. The molecule has 0 radical (unpaired) electrons. The molecule has 1 unspecified atom stereocenters. The van der Waals surface area contributed by atoms with Gasteiger partial charge in [-0.15, -0.1) is 0 Å². The van der Waals surface area contributed by atoms with Gasteiger partial charge >= 0.3 is 5.97 Å². The average molecular weight is 482 g/mol. The third-order valence-electron chi connectivity index (χ3n) is 6.06. The van der Waals surface area contributed by atoms with Crippen molar-refractivity contribution in [3.8, 4) is 11.5 Å². The second-order valence-electron chi connectivity index (χ2n) is 8.28. The van der Waals surface area contributed by atoms with Crippen molar-refractivity contribution in [2.24, 2.45) is 0 Å². The highest BCUT2D eigenvalue weighted by molar-refractivity contribution is 6.51. The maximum absolute atomic E-state index is 13.4. The van der Waals surface area contributed by atoms with E-state index in [9.17, 15) is 19.5 Å². The highest BCUT2D eigenvalue weighted by atomic mass is 16.5. The molecule has 1 aliphatic heterocycles. The quantitative estimate of drug-likeness (QED) is 0.140. The number of nitrogens with one attached hydrogen (secondary N) is 1. The van der Waals surface area contributed by atoms with Gasteiger partial charge in [-0.1, -0.05) is 36.4 Å². The van der Waals surface area contributed by atoms with Crippen molar-refractivity contribution in [1.82, 2.24) is 4.98 Å². The fourth-order valence-electron chi connectivity index (χ4n) is 4.50. The smallest absolute Gasteiger partial charge is 0.308 e. The summed E-state index contributed by atoms with van der Waals surface area (Å²) < 4.78 is 10.6. The molecule has 2 N–H and O–H groups in total. The number of hydrogen-bond donors (Lipinski definition) is 2. The summed E-state index contributed by atoms with van der Waals surface area (Å²) >= 11 is 0. The Labute approximate surface area is 206 Å². The van der Waals surface area contributed by atoms with E-state index in [-0.39, 0.29) is 17.1 Å². The topological polar surface area (TPSA) is 109 Å². The Morgan fingerprint density at radius 1 is 0.972 bits per heavy atom. The number of aliphatic hydroxyl groups is 1. The third-order valence-corrected chi connectivity index (χ3v) is 6.06. The Balaban J connectivity index is 1.75. The number of aromatic amines is 1. The lowest BCUT2D eigenvalue weighted by Gasteiger charge is -2.26. The number of esters is 1. The van der Waals surface area contributed by atoms with Gasteiger partial charge in [-0.05, 0) is 35.9 Å². The minimum atomic E-state index is -0.985. The predicted octanol–water partition coefficient (Wildman–Crippen LogP) is 4.73. The first-order valence-electron chi connectivity index (χ1n) is 11.2. The summed E-state index contributed by atoms with van der Waals surface area (Å²) in [5.41, 5.74) is 1.99. The first-order valence-corrected chi connectivity index (χ1v) is 11.2. The van der Waals surface area contributed by atoms with E-state index in [2.05, 4.69) is 4.98 Å². The molecule has 0 bridgehead atoms. The van der Waals surface area contributed by atoms with Crippen molar-refractivity contribution in [2.75, 3.05) is 12.0 Å². The van der Waals surface area contributed by atoms with Crippen LogP contribution in [0.5, 0.6) is 11.5 Å². The van der Waals surface area contributed by atoms with Crippen LogP contribution in [0.1, 0.15) is 24.1 Å². The Bertz CT molecular complexity index is 1550. The number of aliphatic hydroxyl groups excluding tert-OH is 1. The summed E-state index contributed by atoms with van der Waals surface area (Å²) in [6.07, 6.45) is 1.60. The standard InChI is InChI=1S/C28H22N2O6/c1-16(31)36-20-10-5-7-17(13-20)25-24(26(32)22-15-29-23-12-4-3-11-21(22)23)27(33)28(34)30(25)18-8-6-9-19(14-18)35-2/h3-15,25,29,32H,1-2H3/b26-24-. The number of H-pyrrole nitrogens is 1. The molecular weight excluding hydrogens is 460 g/mol. The van der Waals surface area contributed by atoms with Crippen LogP contribution < -0.4 is 14.4 Å². The van der Waals surface area contributed by atoms with Crippen LogP contribution in [0.3, 0.4) is 0 Å². The number of anilines is 1. The van der Waals surface area contributed by atoms with Crippen molar-refractivity contribution in [3.63, 3.8) is 0 Å². The number of rotatable bonds is 5. The molecule has 180 valence electrons. The van der Waals surface area contributed by atoms with E-state index in [1.54, 1.807) is 54.7 Å². The zero-order valence-electron chi connectivity index (χ0n) is 19.5. The number of amides is 1. The van der Waals surface area contributed by atoms with Gasteiger partial charge in [-0.2, -0.15) is 0 Å². The number of aromatic nitrogens is 1. The zero-order chi connectivity index (χ0) is 25.4. The van der Waals surface area contributed by atoms with Crippen molar-refractivity contribution < 1.29 is 29.0 Å². The normalized spacial score (nSPS) is 16.9. The number of para-hydroxylation sites is 1. The number of nitrogens with zero attached hydrogens (tertiary/aromatic N) is 1. The third kappa shape index (κ3) is 3.88. The van der Waals surface area contributed by atoms with E-state index >= 15 is 0 Å². The van der Waals surface area contributed by atoms with E-state index in [4.69, 9.17) is 9.47 Å². The number of hydrogen-bond acceptors (Lipinski definition) is 6. The monoisotopic (exact) mass is 482 g/mol. The molecule has 4 aromatic rings. The number of ether oxygens (including phenoxy) is 2. The van der Waals surface area contributed by atoms with Gasteiger partial charge in [0.05, 0.1) is 18.7 Å². The summed E-state index contributed by atoms with van der Waals surface area (Å²) in [7, 11) is 1.50. The highest BCUT2D eigenvalue weighted by Crippen LogP contribution is 2.44. The molecule has 1 aromatic heterocycles. The predicted molar refractivity (Wildman–Crippen MR) is 134 cm³/mol. The van der Waals surface area contributed by atoms with Crippen molar-refractivity contribution in [3.05, 3.63) is 95.7 Å². The van der Waals surface area contributed by atoms with E-state index in [0.717, 1.165) is 5.52 Å². The highest BCUT2D eigenvalue weighted by Gasteiger charge is 2.47. The SMILES string of the molecule is COc1cccc(N2C(=O)C(=O)/C(=C(\O)c3c[nH]c4ccccc34)C2c2cccc(OC(C)=O)c2)c1. The Morgan fingerprint density at radius 3 is 2.50 bits per heavy atom. The molecule has 2 heterocycles. The van der Waals surface area contributed by atoms with Gasteiger partial charge < -0.3 is 19.6 Å². The fourth-order valence-corrected chi connectivity index (χ4v) is 4.50. The maximum Gasteiger partial charge on any atom is 0.308 e. The first kappa shape index (κ1) is 22.9. The average Bonchev–Trinajstić information content (AvgIpc) is 3.42. The van der Waals surface area contributed by atoms with Crippen molar-refractivity contribution >= 4 is 40.0 Å². The lowest BCUT2D eigenvalue weighted by atomic mass is 9.94. The molecule has 8 heteroatoms. The molecule has 0 saturated carbocycles. The number of benzene rings is 3. The van der Waals surface area contributed by atoms with Crippen LogP contribution >= 0.6 is 0 Å². The largest absolute Gasteiger partial charge is 0.507 e. The van der Waals surface area contributed by atoms with Crippen LogP contribution in [0, 0.1) is 0 Å². The summed E-state index contributed by atoms with van der Waals surface area (Å²) in [4.78, 5) is 42.8. The molecule has 0 aliphatic carbocycles. The van der Waals surface area contributed by atoms with Crippen LogP contribution in [-0.4, -0.2) is 34.9 Å². The van der Waals surface area contributed by atoms with Gasteiger partial charge in [-0.25, -0.2) is 0 Å². The summed E-state index contributed by atoms with van der Waals surface area (Å²) in [5, 5.41) is 12.2. The minimum Gasteiger partial charge on any atom is -0.507 e. The maximum atomic E-state index is 13.4. The lowest BCUT2D eigenvalue weighted by molar-refractivity contribution is -0.132. The van der Waals surface area contributed by atoms with Gasteiger partial charge in [0, 0.05) is 41.3 Å². The van der Waals surface area contributed by atoms with Crippen LogP contribution in [0.4, 0.5) is 5.69 Å². The second-order valence-corrected chi connectivity index (χ2v) is 8.28. The molecule has 36 heavy (non-hydrogen) atoms. The number of methoxy groups -OCH3 is 1. The zero-order valence-corrected chi connectivity index (χ0v) is 19.5. The van der Waals surface area contributed by atoms with Gasteiger partial charge in [0.1, 0.15) is 17.3 Å². The molecule has 1 fully saturated rings. The van der Waals surface area contributed by atoms with Crippen LogP contribution in [0.2, 0.25) is 0 Å². The Hall–Kier alpha value is -4.85. The molecule has 3 aromatic carbocycles. The molecule has 5 rings (SSSR count). The molecule has 1 atom stereocenters. The number of fused-ring (bicyclic) bond motifs is 1. The van der Waals surface area contributed by atoms with E-state index < -0.39 is 23.7 Å². The lowest BCUT2D eigenvalue weighted by Crippen LogP contribution is -2.29. The van der Waals surface area contributed by atoms with E-state index in [1.807, 2.05) is 24.3 Å². The number of carbonyl (C=O) groups is 3. The summed E-state index contributed by atoms with van der Waals surface area (Å²) in [5.74, 6) is -1.69. The van der Waals surface area contributed by atoms with E-state index in [1.165, 1.54) is 18.9 Å². The van der Waals surface area contributed by atoms with Crippen molar-refractivity contribution in [1.29, 1.82) is 0 Å². The molecule has 0 spiro atoms. The van der Waals surface area contributed by atoms with Gasteiger partial charge in [0.25, 0.3) is 11.7 Å². The van der Waals surface area contributed by atoms with Crippen molar-refractivity contribution in [2.45, 2.75) is 13.0 Å². The molecule has 1 aliphatic rings.